The summed E-state index contributed by atoms with van der Waals surface area (Å²) in [7, 11) is 1.96. The van der Waals surface area contributed by atoms with Crippen molar-refractivity contribution < 1.29 is 4.79 Å². The van der Waals surface area contributed by atoms with E-state index in [9.17, 15) is 4.79 Å². The van der Waals surface area contributed by atoms with Gasteiger partial charge in [0.15, 0.2) is 5.69 Å². The molecule has 4 aromatic rings. The fraction of sp³-hybridized carbons (Fsp3) is 0.292. The lowest BCUT2D eigenvalue weighted by Gasteiger charge is -2.09. The number of aromatic nitrogens is 6. The molecule has 0 unspecified atom stereocenters. The Kier molecular flexibility index (Phi) is 4.84. The Bertz CT molecular complexity index is 1310. The molecule has 5 rings (SSSR count). The molecule has 0 spiro atoms. The molecule has 32 heavy (non-hydrogen) atoms. The zero-order valence-corrected chi connectivity index (χ0v) is 18.6. The van der Waals surface area contributed by atoms with Crippen LogP contribution in [-0.4, -0.2) is 35.7 Å². The summed E-state index contributed by atoms with van der Waals surface area (Å²) in [5.41, 5.74) is 8.06. The summed E-state index contributed by atoms with van der Waals surface area (Å²) in [6.45, 7) is 5.98. The third-order valence-electron chi connectivity index (χ3n) is 5.95. The van der Waals surface area contributed by atoms with Gasteiger partial charge in [0.1, 0.15) is 0 Å². The summed E-state index contributed by atoms with van der Waals surface area (Å²) in [6, 6.07) is 11.8. The average molecular weight is 428 g/mol. The van der Waals surface area contributed by atoms with E-state index < -0.39 is 0 Å². The molecule has 0 atom stereocenters. The van der Waals surface area contributed by atoms with Crippen molar-refractivity contribution in [2.24, 2.45) is 7.05 Å². The van der Waals surface area contributed by atoms with E-state index in [1.807, 2.05) is 43.8 Å². The van der Waals surface area contributed by atoms with E-state index in [2.05, 4.69) is 44.8 Å². The SMILES string of the molecule is Cc1cc(NC(=O)c2nnn(-c3ccc(-c4c(C)nn(C)c4C)cc3)c2C2CC2)ccn1. The lowest BCUT2D eigenvalue weighted by atomic mass is 10.0. The third kappa shape index (κ3) is 3.57. The molecule has 0 radical (unpaired) electrons. The number of nitrogens with zero attached hydrogens (tertiary/aromatic N) is 6. The van der Waals surface area contributed by atoms with Crippen LogP contribution in [0, 0.1) is 20.8 Å². The fourth-order valence-electron chi connectivity index (χ4n) is 4.14. The van der Waals surface area contributed by atoms with Crippen molar-refractivity contribution in [1.29, 1.82) is 0 Å². The summed E-state index contributed by atoms with van der Waals surface area (Å²) >= 11 is 0. The Morgan fingerprint density at radius 1 is 1.09 bits per heavy atom. The van der Waals surface area contributed by atoms with Crippen molar-refractivity contribution in [2.75, 3.05) is 5.32 Å². The minimum absolute atomic E-state index is 0.248. The number of amides is 1. The second-order valence-electron chi connectivity index (χ2n) is 8.37. The van der Waals surface area contributed by atoms with Gasteiger partial charge in [-0.25, -0.2) is 4.68 Å². The molecule has 1 aromatic carbocycles. The van der Waals surface area contributed by atoms with Crippen LogP contribution in [0.5, 0.6) is 0 Å². The number of nitrogens with one attached hydrogen (secondary N) is 1. The normalized spacial score (nSPS) is 13.4. The second kappa shape index (κ2) is 7.71. The summed E-state index contributed by atoms with van der Waals surface area (Å²) in [4.78, 5) is 17.2. The molecule has 3 aromatic heterocycles. The molecular weight excluding hydrogens is 402 g/mol. The molecule has 3 heterocycles. The maximum atomic E-state index is 13.0. The molecule has 0 aliphatic heterocycles. The van der Waals surface area contributed by atoms with Crippen LogP contribution in [-0.2, 0) is 7.05 Å². The average Bonchev–Trinajstić information content (AvgIpc) is 3.45. The highest BCUT2D eigenvalue weighted by Gasteiger charge is 2.34. The molecule has 8 nitrogen and oxygen atoms in total. The van der Waals surface area contributed by atoms with Crippen LogP contribution in [0.25, 0.3) is 16.8 Å². The zero-order valence-electron chi connectivity index (χ0n) is 18.6. The van der Waals surface area contributed by atoms with Gasteiger partial charge in [0.25, 0.3) is 5.91 Å². The van der Waals surface area contributed by atoms with Crippen LogP contribution in [0.4, 0.5) is 5.69 Å². The number of benzene rings is 1. The Hall–Kier alpha value is -3.81. The van der Waals surface area contributed by atoms with E-state index in [0.29, 0.717) is 17.3 Å². The van der Waals surface area contributed by atoms with Crippen molar-refractivity contribution in [1.82, 2.24) is 29.8 Å². The van der Waals surface area contributed by atoms with Crippen molar-refractivity contribution in [3.8, 4) is 16.8 Å². The largest absolute Gasteiger partial charge is 0.320 e. The summed E-state index contributed by atoms with van der Waals surface area (Å²) in [5.74, 6) is 0.0504. The molecule has 1 amide bonds. The van der Waals surface area contributed by atoms with Gasteiger partial charge in [-0.1, -0.05) is 17.3 Å². The number of aryl methyl sites for hydroxylation is 3. The van der Waals surface area contributed by atoms with E-state index in [4.69, 9.17) is 0 Å². The number of anilines is 1. The molecule has 1 aliphatic carbocycles. The van der Waals surface area contributed by atoms with Gasteiger partial charge >= 0.3 is 0 Å². The van der Waals surface area contributed by atoms with Gasteiger partial charge in [-0.3, -0.25) is 14.5 Å². The van der Waals surface area contributed by atoms with Crippen molar-refractivity contribution in [2.45, 2.75) is 39.5 Å². The first-order chi connectivity index (χ1) is 15.4. The monoisotopic (exact) mass is 427 g/mol. The molecule has 8 heteroatoms. The third-order valence-corrected chi connectivity index (χ3v) is 5.95. The fourth-order valence-corrected chi connectivity index (χ4v) is 4.14. The molecule has 0 saturated heterocycles. The lowest BCUT2D eigenvalue weighted by Crippen LogP contribution is -2.15. The van der Waals surface area contributed by atoms with E-state index in [-0.39, 0.29) is 5.91 Å². The van der Waals surface area contributed by atoms with E-state index >= 15 is 0 Å². The van der Waals surface area contributed by atoms with Crippen molar-refractivity contribution >= 4 is 11.6 Å². The highest BCUT2D eigenvalue weighted by molar-refractivity contribution is 6.03. The summed E-state index contributed by atoms with van der Waals surface area (Å²) in [5, 5.41) is 16.0. The summed E-state index contributed by atoms with van der Waals surface area (Å²) < 4.78 is 3.70. The standard InChI is InChI=1S/C24H25N7O/c1-14-13-19(11-12-25-14)26-24(32)22-23(18-5-6-18)31(29-27-22)20-9-7-17(8-10-20)21-15(2)28-30(4)16(21)3/h7-13,18H,5-6H2,1-4H3,(H,25,26,32). The van der Waals surface area contributed by atoms with Crippen LogP contribution in [0.2, 0.25) is 0 Å². The minimum Gasteiger partial charge on any atom is -0.320 e. The van der Waals surface area contributed by atoms with E-state index in [1.165, 1.54) is 0 Å². The minimum atomic E-state index is -0.248. The molecule has 1 saturated carbocycles. The number of pyridine rings is 1. The number of carbonyl (C=O) groups is 1. The Morgan fingerprint density at radius 2 is 1.84 bits per heavy atom. The Balaban J connectivity index is 1.47. The highest BCUT2D eigenvalue weighted by Crippen LogP contribution is 2.42. The number of rotatable bonds is 5. The zero-order chi connectivity index (χ0) is 22.4. The maximum absolute atomic E-state index is 13.0. The molecule has 1 N–H and O–H groups in total. The van der Waals surface area contributed by atoms with Crippen LogP contribution in [0.3, 0.4) is 0 Å². The molecule has 0 bridgehead atoms. The first-order valence-corrected chi connectivity index (χ1v) is 10.7. The van der Waals surface area contributed by atoms with Gasteiger partial charge in [0, 0.05) is 41.8 Å². The van der Waals surface area contributed by atoms with Crippen molar-refractivity contribution in [3.63, 3.8) is 0 Å². The van der Waals surface area contributed by atoms with E-state index in [0.717, 1.165) is 52.4 Å². The van der Waals surface area contributed by atoms with Crippen LogP contribution >= 0.6 is 0 Å². The topological polar surface area (TPSA) is 90.5 Å². The summed E-state index contributed by atoms with van der Waals surface area (Å²) in [6.07, 6.45) is 3.75. The first-order valence-electron chi connectivity index (χ1n) is 10.7. The molecule has 1 fully saturated rings. The highest BCUT2D eigenvalue weighted by atomic mass is 16.2. The van der Waals surface area contributed by atoms with Gasteiger partial charge in [-0.05, 0) is 63.4 Å². The van der Waals surface area contributed by atoms with Gasteiger partial charge < -0.3 is 5.32 Å². The van der Waals surface area contributed by atoms with Gasteiger partial charge in [-0.2, -0.15) is 5.10 Å². The second-order valence-corrected chi connectivity index (χ2v) is 8.37. The van der Waals surface area contributed by atoms with E-state index in [1.54, 1.807) is 16.9 Å². The van der Waals surface area contributed by atoms with Crippen molar-refractivity contribution in [3.05, 3.63) is 71.1 Å². The van der Waals surface area contributed by atoms with Gasteiger partial charge in [0.2, 0.25) is 0 Å². The quantitative estimate of drug-likeness (QED) is 0.517. The number of carbonyl (C=O) groups excluding carboxylic acids is 1. The molecule has 1 aliphatic rings. The first kappa shape index (κ1) is 20.1. The lowest BCUT2D eigenvalue weighted by molar-refractivity contribution is 0.102. The molecule has 162 valence electrons. The van der Waals surface area contributed by atoms with Gasteiger partial charge in [0.05, 0.1) is 17.1 Å². The van der Waals surface area contributed by atoms with Gasteiger partial charge in [-0.15, -0.1) is 5.10 Å². The molecular formula is C24H25N7O. The van der Waals surface area contributed by atoms with Crippen LogP contribution < -0.4 is 5.32 Å². The number of hydrogen-bond donors (Lipinski definition) is 1. The smallest absolute Gasteiger partial charge is 0.278 e. The van der Waals surface area contributed by atoms with Crippen LogP contribution in [0.15, 0.2) is 42.6 Å². The predicted octanol–water partition coefficient (Wildman–Crippen LogP) is 4.12. The number of hydrogen-bond acceptors (Lipinski definition) is 5. The van der Waals surface area contributed by atoms with Crippen LogP contribution in [0.1, 0.15) is 52.0 Å². The maximum Gasteiger partial charge on any atom is 0.278 e. The Morgan fingerprint density at radius 3 is 2.47 bits per heavy atom. The predicted molar refractivity (Wildman–Crippen MR) is 122 cm³/mol. The Labute approximate surface area is 186 Å².